The molecule has 9 heteroatoms. The monoisotopic (exact) mass is 812 g/mol. The molecule has 1 fully saturated rings. The molecule has 0 unspecified atom stereocenters. The third-order valence-electron chi connectivity index (χ3n) is 10.6. The average Bonchev–Trinajstić information content (AvgIpc) is 3.28. The molecule has 3 aromatic carbocycles. The van der Waals surface area contributed by atoms with Crippen molar-refractivity contribution in [3.63, 3.8) is 0 Å². The molecule has 0 radical (unpaired) electrons. The minimum Gasteiger partial charge on any atom is -0.494 e. The topological polar surface area (TPSA) is 88.6 Å². The third kappa shape index (κ3) is 20.5. The van der Waals surface area contributed by atoms with Gasteiger partial charge in [0.15, 0.2) is 17.3 Å². The Kier molecular flexibility index (Phi) is 24.8. The number of hydrogen-bond acceptors (Lipinski definition) is 9. The summed E-state index contributed by atoms with van der Waals surface area (Å²) in [6.07, 6.45) is 14.9. The van der Waals surface area contributed by atoms with Crippen LogP contribution in [0, 0.1) is 0 Å². The van der Waals surface area contributed by atoms with E-state index in [0.29, 0.717) is 12.8 Å². The Morgan fingerprint density at radius 1 is 0.576 bits per heavy atom. The molecule has 9 nitrogen and oxygen atoms in total. The number of ketones is 3. The summed E-state index contributed by atoms with van der Waals surface area (Å²) < 4.78 is 17.1. The number of benzene rings is 3. The fourth-order valence-corrected chi connectivity index (χ4v) is 6.89. The maximum absolute atomic E-state index is 11.7. The van der Waals surface area contributed by atoms with Gasteiger partial charge in [0, 0.05) is 62.3 Å². The highest BCUT2D eigenvalue weighted by molar-refractivity contribution is 5.96. The number of carbonyl (C=O) groups excluding carboxylic acids is 3. The SMILES string of the molecule is CC(=O)c1ccc(OCCCN2CC=CCC2)cc1.CCC(=O)c1ccc(OCCCN(CC)CC)cc1.CCCC(=O)c1ccc(OCCCN2CCCCC2)cc1. The van der Waals surface area contributed by atoms with Crippen molar-refractivity contribution in [3.05, 3.63) is 102 Å². The van der Waals surface area contributed by atoms with Crippen molar-refractivity contribution in [1.82, 2.24) is 14.7 Å². The second-order valence-electron chi connectivity index (χ2n) is 15.2. The summed E-state index contributed by atoms with van der Waals surface area (Å²) in [7, 11) is 0. The molecule has 2 heterocycles. The number of likely N-dealkylation sites (tertiary alicyclic amines) is 1. The molecule has 0 atom stereocenters. The largest absolute Gasteiger partial charge is 0.494 e. The lowest BCUT2D eigenvalue weighted by Crippen LogP contribution is -2.31. The number of carbonyl (C=O) groups is 3. The predicted molar refractivity (Wildman–Crippen MR) is 242 cm³/mol. The van der Waals surface area contributed by atoms with E-state index in [1.165, 1.54) is 32.4 Å². The minimum atomic E-state index is 0.0877. The second-order valence-corrected chi connectivity index (χ2v) is 15.2. The summed E-state index contributed by atoms with van der Waals surface area (Å²) in [5.41, 5.74) is 2.28. The lowest BCUT2D eigenvalue weighted by molar-refractivity contribution is 0.0976. The van der Waals surface area contributed by atoms with Crippen LogP contribution in [0.3, 0.4) is 0 Å². The van der Waals surface area contributed by atoms with Gasteiger partial charge in [0.05, 0.1) is 19.8 Å². The van der Waals surface area contributed by atoms with E-state index in [2.05, 4.69) is 40.7 Å². The maximum atomic E-state index is 11.7. The van der Waals surface area contributed by atoms with Crippen LogP contribution in [0.25, 0.3) is 0 Å². The van der Waals surface area contributed by atoms with Gasteiger partial charge in [-0.2, -0.15) is 0 Å². The Labute approximate surface area is 356 Å². The molecular formula is C50H73N3O6. The Hall–Kier alpha value is -4.31. The number of Topliss-reactive ketones (excluding diaryl/α,β-unsaturated/α-hetero) is 3. The number of piperidine rings is 1. The van der Waals surface area contributed by atoms with Crippen LogP contribution in [0.2, 0.25) is 0 Å². The molecule has 0 spiro atoms. The molecule has 0 amide bonds. The van der Waals surface area contributed by atoms with Gasteiger partial charge in [-0.05, 0) is 151 Å². The second kappa shape index (κ2) is 29.8. The van der Waals surface area contributed by atoms with Crippen LogP contribution in [0.15, 0.2) is 84.9 Å². The Balaban J connectivity index is 0.000000237. The number of hydrogen-bond donors (Lipinski definition) is 0. The molecule has 2 aliphatic rings. The fourth-order valence-electron chi connectivity index (χ4n) is 6.89. The lowest BCUT2D eigenvalue weighted by Gasteiger charge is -2.26. The van der Waals surface area contributed by atoms with Gasteiger partial charge in [-0.1, -0.05) is 46.3 Å². The molecule has 0 N–H and O–H groups in total. The van der Waals surface area contributed by atoms with Gasteiger partial charge in [-0.3, -0.25) is 19.3 Å². The third-order valence-corrected chi connectivity index (χ3v) is 10.6. The molecule has 2 aliphatic heterocycles. The Bertz CT molecular complexity index is 1610. The van der Waals surface area contributed by atoms with Crippen molar-refractivity contribution in [2.75, 3.05) is 78.7 Å². The highest BCUT2D eigenvalue weighted by Gasteiger charge is 2.10. The molecule has 59 heavy (non-hydrogen) atoms. The minimum absolute atomic E-state index is 0.0877. The molecular weight excluding hydrogens is 739 g/mol. The van der Waals surface area contributed by atoms with Gasteiger partial charge in [-0.15, -0.1) is 0 Å². The van der Waals surface area contributed by atoms with Gasteiger partial charge < -0.3 is 24.0 Å². The smallest absolute Gasteiger partial charge is 0.162 e. The van der Waals surface area contributed by atoms with Crippen molar-refractivity contribution >= 4 is 17.3 Å². The fraction of sp³-hybridized carbons (Fsp3) is 0.540. The molecule has 1 saturated heterocycles. The molecule has 3 aromatic rings. The normalized spacial score (nSPS) is 14.1. The average molecular weight is 812 g/mol. The van der Waals surface area contributed by atoms with E-state index >= 15 is 0 Å². The maximum Gasteiger partial charge on any atom is 0.162 e. The lowest BCUT2D eigenvalue weighted by atomic mass is 10.1. The van der Waals surface area contributed by atoms with Gasteiger partial charge >= 0.3 is 0 Å². The zero-order valence-corrected chi connectivity index (χ0v) is 36.9. The number of rotatable bonds is 23. The summed E-state index contributed by atoms with van der Waals surface area (Å²) in [5.74, 6) is 3.02. The van der Waals surface area contributed by atoms with Crippen molar-refractivity contribution in [2.24, 2.45) is 0 Å². The molecule has 0 aromatic heterocycles. The standard InChI is InChI=1S/C18H27NO2.C16H21NO2.C16H25NO2/c1-2-7-18(20)16-8-10-17(11-9-16)21-15-6-14-19-12-4-3-5-13-19;1-14(18)15-6-8-16(9-7-15)19-13-5-12-17-10-3-2-4-11-17;1-4-16(18)14-8-10-15(11-9-14)19-13-7-12-17(5-2)6-3/h8-11H,2-7,12-15H2,1H3;2-3,6-9H,4-5,10-13H2,1H3;8-11H,4-7,12-13H2,1-3H3. The summed E-state index contributed by atoms with van der Waals surface area (Å²) in [5, 5.41) is 0. The number of ether oxygens (including phenoxy) is 3. The van der Waals surface area contributed by atoms with Crippen LogP contribution in [0.4, 0.5) is 0 Å². The van der Waals surface area contributed by atoms with E-state index < -0.39 is 0 Å². The predicted octanol–water partition coefficient (Wildman–Crippen LogP) is 10.2. The van der Waals surface area contributed by atoms with Crippen LogP contribution in [-0.4, -0.2) is 111 Å². The zero-order valence-electron chi connectivity index (χ0n) is 36.9. The van der Waals surface area contributed by atoms with Gasteiger partial charge in [0.2, 0.25) is 0 Å². The van der Waals surface area contributed by atoms with Crippen LogP contribution in [-0.2, 0) is 0 Å². The highest BCUT2D eigenvalue weighted by atomic mass is 16.5. The Morgan fingerprint density at radius 2 is 1.07 bits per heavy atom. The highest BCUT2D eigenvalue weighted by Crippen LogP contribution is 2.17. The van der Waals surface area contributed by atoms with E-state index in [9.17, 15) is 14.4 Å². The van der Waals surface area contributed by atoms with E-state index in [0.717, 1.165) is 132 Å². The van der Waals surface area contributed by atoms with Crippen molar-refractivity contribution in [3.8, 4) is 17.2 Å². The molecule has 5 rings (SSSR count). The molecule has 0 aliphatic carbocycles. The van der Waals surface area contributed by atoms with E-state index in [-0.39, 0.29) is 17.3 Å². The summed E-state index contributed by atoms with van der Waals surface area (Å²) in [6.45, 7) is 22.2. The first kappa shape index (κ1) is 49.1. The summed E-state index contributed by atoms with van der Waals surface area (Å²) in [4.78, 5) is 41.7. The van der Waals surface area contributed by atoms with E-state index in [4.69, 9.17) is 14.2 Å². The van der Waals surface area contributed by atoms with Crippen molar-refractivity contribution in [2.45, 2.75) is 98.8 Å². The van der Waals surface area contributed by atoms with Gasteiger partial charge in [0.25, 0.3) is 0 Å². The van der Waals surface area contributed by atoms with E-state index in [1.807, 2.05) is 86.6 Å². The quantitative estimate of drug-likeness (QED) is 0.0528. The molecule has 324 valence electrons. The van der Waals surface area contributed by atoms with Crippen LogP contribution in [0.5, 0.6) is 17.2 Å². The van der Waals surface area contributed by atoms with Gasteiger partial charge in [0.1, 0.15) is 17.2 Å². The van der Waals surface area contributed by atoms with E-state index in [1.54, 1.807) is 6.92 Å². The van der Waals surface area contributed by atoms with Crippen molar-refractivity contribution < 1.29 is 28.6 Å². The van der Waals surface area contributed by atoms with Crippen LogP contribution < -0.4 is 14.2 Å². The number of nitrogens with zero attached hydrogens (tertiary/aromatic N) is 3. The summed E-state index contributed by atoms with van der Waals surface area (Å²) >= 11 is 0. The van der Waals surface area contributed by atoms with Crippen LogP contribution in [0.1, 0.15) is 130 Å². The Morgan fingerprint density at radius 3 is 1.53 bits per heavy atom. The molecule has 0 saturated carbocycles. The van der Waals surface area contributed by atoms with Gasteiger partial charge in [-0.25, -0.2) is 0 Å². The summed E-state index contributed by atoms with van der Waals surface area (Å²) in [6, 6.07) is 22.3. The first-order valence-electron chi connectivity index (χ1n) is 22.3. The molecule has 0 bridgehead atoms. The zero-order chi connectivity index (χ0) is 42.5. The first-order valence-corrected chi connectivity index (χ1v) is 22.3. The van der Waals surface area contributed by atoms with Crippen LogP contribution >= 0.6 is 0 Å². The first-order chi connectivity index (χ1) is 28.8. The van der Waals surface area contributed by atoms with Crippen molar-refractivity contribution in [1.29, 1.82) is 0 Å².